The van der Waals surface area contributed by atoms with Gasteiger partial charge in [0.05, 0.1) is 0 Å². The normalized spacial score (nSPS) is 18.7. The summed E-state index contributed by atoms with van der Waals surface area (Å²) in [7, 11) is 1.55. The zero-order valence-electron chi connectivity index (χ0n) is 7.45. The van der Waals surface area contributed by atoms with Crippen LogP contribution < -0.4 is 0 Å². The highest BCUT2D eigenvalue weighted by molar-refractivity contribution is 5.74. The molecule has 1 aliphatic heterocycles. The highest BCUT2D eigenvalue weighted by Gasteiger charge is 2.24. The average Bonchev–Trinajstić information content (AvgIpc) is 2.09. The Morgan fingerprint density at radius 1 is 1.50 bits per heavy atom. The molecule has 1 fully saturated rings. The van der Waals surface area contributed by atoms with Crippen molar-refractivity contribution in [3.63, 3.8) is 0 Å². The highest BCUT2D eigenvalue weighted by Crippen LogP contribution is 2.05. The Labute approximate surface area is 71.8 Å². The van der Waals surface area contributed by atoms with Crippen molar-refractivity contribution in [2.75, 3.05) is 33.8 Å². The summed E-state index contributed by atoms with van der Waals surface area (Å²) in [5.74, 6) is 0. The van der Waals surface area contributed by atoms with E-state index in [9.17, 15) is 4.79 Å². The number of nitrogens with zero attached hydrogens (tertiary/aromatic N) is 2. The summed E-state index contributed by atoms with van der Waals surface area (Å²) in [5.41, 5.74) is 0. The van der Waals surface area contributed by atoms with E-state index in [0.29, 0.717) is 20.0 Å². The van der Waals surface area contributed by atoms with Gasteiger partial charge >= 0.3 is 6.03 Å². The molecule has 1 aliphatic rings. The monoisotopic (exact) mass is 174 g/mol. The van der Waals surface area contributed by atoms with E-state index in [2.05, 4.69) is 0 Å². The van der Waals surface area contributed by atoms with Crippen molar-refractivity contribution < 1.29 is 14.3 Å². The van der Waals surface area contributed by atoms with E-state index in [4.69, 9.17) is 9.47 Å². The van der Waals surface area contributed by atoms with E-state index >= 15 is 0 Å². The molecule has 1 heterocycles. The molecule has 12 heavy (non-hydrogen) atoms. The third-order valence-corrected chi connectivity index (χ3v) is 1.70. The number of hydrogen-bond donors (Lipinski definition) is 0. The molecular formula is C7H14N2O3. The number of rotatable bonds is 3. The Morgan fingerprint density at radius 3 is 2.75 bits per heavy atom. The second kappa shape index (κ2) is 4.27. The molecule has 5 heteroatoms. The Bertz CT molecular complexity index is 161. The van der Waals surface area contributed by atoms with Crippen molar-refractivity contribution in [1.29, 1.82) is 0 Å². The Hall–Kier alpha value is -0.810. The second-order valence-electron chi connectivity index (χ2n) is 2.56. The van der Waals surface area contributed by atoms with Crippen molar-refractivity contribution in [1.82, 2.24) is 9.80 Å². The fourth-order valence-corrected chi connectivity index (χ4v) is 1.05. The number of hydrogen-bond acceptors (Lipinski definition) is 3. The van der Waals surface area contributed by atoms with Crippen LogP contribution in [0.2, 0.25) is 0 Å². The molecule has 0 aromatic heterocycles. The topological polar surface area (TPSA) is 42.0 Å². The molecule has 0 unspecified atom stereocenters. The van der Waals surface area contributed by atoms with E-state index in [0.717, 1.165) is 0 Å². The SMILES string of the molecule is CCN1COCN(COC)C1=O. The van der Waals surface area contributed by atoms with Gasteiger partial charge in [0.1, 0.15) is 20.2 Å². The lowest BCUT2D eigenvalue weighted by Gasteiger charge is -2.33. The minimum absolute atomic E-state index is 0.0226. The Morgan fingerprint density at radius 2 is 2.17 bits per heavy atom. The Balaban J connectivity index is 2.47. The van der Waals surface area contributed by atoms with E-state index in [1.807, 2.05) is 6.92 Å². The lowest BCUT2D eigenvalue weighted by Crippen LogP contribution is -2.50. The van der Waals surface area contributed by atoms with Gasteiger partial charge in [0.2, 0.25) is 0 Å². The molecule has 0 saturated carbocycles. The molecule has 0 spiro atoms. The number of carbonyl (C=O) groups excluding carboxylic acids is 1. The number of carbonyl (C=O) groups is 1. The molecule has 0 aromatic rings. The average molecular weight is 174 g/mol. The van der Waals surface area contributed by atoms with Gasteiger partial charge in [-0.3, -0.25) is 4.90 Å². The molecule has 70 valence electrons. The van der Waals surface area contributed by atoms with E-state index in [-0.39, 0.29) is 12.8 Å². The zero-order valence-corrected chi connectivity index (χ0v) is 7.45. The number of methoxy groups -OCH3 is 1. The molecule has 0 atom stereocenters. The van der Waals surface area contributed by atoms with Crippen LogP contribution in [-0.2, 0) is 9.47 Å². The summed E-state index contributed by atoms with van der Waals surface area (Å²) in [6.45, 7) is 3.57. The van der Waals surface area contributed by atoms with Gasteiger partial charge in [-0.25, -0.2) is 4.79 Å². The minimum Gasteiger partial charge on any atom is -0.364 e. The van der Waals surface area contributed by atoms with Gasteiger partial charge < -0.3 is 14.4 Å². The summed E-state index contributed by atoms with van der Waals surface area (Å²) < 4.78 is 10.0. The van der Waals surface area contributed by atoms with Gasteiger partial charge in [-0.2, -0.15) is 0 Å². The summed E-state index contributed by atoms with van der Waals surface area (Å²) in [5, 5.41) is 0. The van der Waals surface area contributed by atoms with Crippen molar-refractivity contribution in [3.05, 3.63) is 0 Å². The van der Waals surface area contributed by atoms with Gasteiger partial charge in [-0.15, -0.1) is 0 Å². The van der Waals surface area contributed by atoms with Crippen LogP contribution in [0.3, 0.4) is 0 Å². The zero-order chi connectivity index (χ0) is 8.97. The van der Waals surface area contributed by atoms with Gasteiger partial charge in [0.25, 0.3) is 0 Å². The molecule has 0 aliphatic carbocycles. The molecular weight excluding hydrogens is 160 g/mol. The van der Waals surface area contributed by atoms with Crippen molar-refractivity contribution in [2.24, 2.45) is 0 Å². The van der Waals surface area contributed by atoms with E-state index in [1.54, 1.807) is 12.0 Å². The van der Waals surface area contributed by atoms with Crippen LogP contribution in [0.4, 0.5) is 4.79 Å². The van der Waals surface area contributed by atoms with E-state index in [1.165, 1.54) is 4.90 Å². The molecule has 0 N–H and O–H groups in total. The standard InChI is InChI=1S/C7H14N2O3/c1-3-8-5-12-6-9(4-11-2)7(8)10/h3-6H2,1-2H3. The number of amides is 2. The summed E-state index contributed by atoms with van der Waals surface area (Å²) >= 11 is 0. The van der Waals surface area contributed by atoms with Gasteiger partial charge in [-0.1, -0.05) is 0 Å². The number of urea groups is 1. The molecule has 2 amide bonds. The predicted molar refractivity (Wildman–Crippen MR) is 42.3 cm³/mol. The summed E-state index contributed by atoms with van der Waals surface area (Å²) in [4.78, 5) is 14.6. The fraction of sp³-hybridized carbons (Fsp3) is 0.857. The third-order valence-electron chi connectivity index (χ3n) is 1.70. The summed E-state index contributed by atoms with van der Waals surface area (Å²) in [6, 6.07) is -0.0226. The molecule has 0 aromatic carbocycles. The van der Waals surface area contributed by atoms with Gasteiger partial charge in [-0.05, 0) is 6.92 Å². The molecule has 1 saturated heterocycles. The first kappa shape index (κ1) is 9.28. The van der Waals surface area contributed by atoms with Crippen LogP contribution in [0.5, 0.6) is 0 Å². The molecule has 1 rings (SSSR count). The van der Waals surface area contributed by atoms with Gasteiger partial charge in [0, 0.05) is 13.7 Å². The van der Waals surface area contributed by atoms with Crippen molar-refractivity contribution in [2.45, 2.75) is 6.92 Å². The first-order valence-electron chi connectivity index (χ1n) is 3.90. The van der Waals surface area contributed by atoms with Gasteiger partial charge in [0.15, 0.2) is 0 Å². The van der Waals surface area contributed by atoms with Crippen molar-refractivity contribution >= 4 is 6.03 Å². The first-order chi connectivity index (χ1) is 5.79. The largest absolute Gasteiger partial charge is 0.364 e. The fourth-order valence-electron chi connectivity index (χ4n) is 1.05. The van der Waals surface area contributed by atoms with Crippen LogP contribution in [0.25, 0.3) is 0 Å². The van der Waals surface area contributed by atoms with Crippen molar-refractivity contribution in [3.8, 4) is 0 Å². The van der Waals surface area contributed by atoms with Crippen LogP contribution in [0.1, 0.15) is 6.92 Å². The Kier molecular flexibility index (Phi) is 3.31. The highest BCUT2D eigenvalue weighted by atomic mass is 16.5. The maximum absolute atomic E-state index is 11.4. The quantitative estimate of drug-likeness (QED) is 0.617. The third kappa shape index (κ3) is 1.86. The molecule has 0 bridgehead atoms. The maximum Gasteiger partial charge on any atom is 0.325 e. The van der Waals surface area contributed by atoms with Crippen LogP contribution in [0, 0.1) is 0 Å². The maximum atomic E-state index is 11.4. The molecule has 0 radical (unpaired) electrons. The summed E-state index contributed by atoms with van der Waals surface area (Å²) in [6.07, 6.45) is 0. The molecule has 5 nitrogen and oxygen atoms in total. The number of ether oxygens (including phenoxy) is 2. The van der Waals surface area contributed by atoms with E-state index < -0.39 is 0 Å². The predicted octanol–water partition coefficient (Wildman–Crippen LogP) is 0.279. The first-order valence-corrected chi connectivity index (χ1v) is 3.90. The smallest absolute Gasteiger partial charge is 0.325 e. The minimum atomic E-state index is -0.0226. The van der Waals surface area contributed by atoms with Crippen LogP contribution >= 0.6 is 0 Å². The van der Waals surface area contributed by atoms with Crippen LogP contribution in [-0.4, -0.2) is 49.7 Å². The lowest BCUT2D eigenvalue weighted by atomic mass is 10.6. The van der Waals surface area contributed by atoms with Crippen LogP contribution in [0.15, 0.2) is 0 Å². The second-order valence-corrected chi connectivity index (χ2v) is 2.56. The lowest BCUT2D eigenvalue weighted by molar-refractivity contribution is -0.0792.